The summed E-state index contributed by atoms with van der Waals surface area (Å²) >= 11 is 0. The normalized spacial score (nSPS) is 12.0. The van der Waals surface area contributed by atoms with Gasteiger partial charge in [0.25, 0.3) is 0 Å². The molecule has 0 spiro atoms. The number of methoxy groups -OCH3 is 3. The molecule has 0 aliphatic carbocycles. The molecular weight excluding hydrogens is 258 g/mol. The number of hydrogen-bond acceptors (Lipinski definition) is 5. The Morgan fingerprint density at radius 3 is 2.25 bits per heavy atom. The van der Waals surface area contributed by atoms with Crippen molar-refractivity contribution in [3.05, 3.63) is 35.9 Å². The van der Waals surface area contributed by atoms with Crippen LogP contribution in [0.15, 0.2) is 24.5 Å². The van der Waals surface area contributed by atoms with Crippen molar-refractivity contribution in [1.29, 1.82) is 0 Å². The number of benzene rings is 1. The zero-order valence-electron chi connectivity index (χ0n) is 11.8. The number of rotatable bonds is 6. The molecule has 0 aliphatic heterocycles. The van der Waals surface area contributed by atoms with E-state index in [1.165, 1.54) is 0 Å². The summed E-state index contributed by atoms with van der Waals surface area (Å²) in [4.78, 5) is 7.22. The first-order valence-electron chi connectivity index (χ1n) is 6.23. The molecule has 20 heavy (non-hydrogen) atoms. The monoisotopic (exact) mass is 277 g/mol. The van der Waals surface area contributed by atoms with E-state index in [-0.39, 0.29) is 6.04 Å². The molecule has 6 nitrogen and oxygen atoms in total. The molecule has 0 radical (unpaired) electrons. The fourth-order valence-electron chi connectivity index (χ4n) is 2.05. The average molecular weight is 277 g/mol. The highest BCUT2D eigenvalue weighted by Gasteiger charge is 2.17. The Morgan fingerprint density at radius 2 is 1.80 bits per heavy atom. The van der Waals surface area contributed by atoms with Crippen LogP contribution in [0.25, 0.3) is 0 Å². The van der Waals surface area contributed by atoms with E-state index in [2.05, 4.69) is 9.97 Å². The zero-order valence-corrected chi connectivity index (χ0v) is 11.8. The van der Waals surface area contributed by atoms with Crippen molar-refractivity contribution >= 4 is 0 Å². The maximum atomic E-state index is 6.21. The molecule has 2 aromatic rings. The van der Waals surface area contributed by atoms with Crippen molar-refractivity contribution < 1.29 is 14.2 Å². The van der Waals surface area contributed by atoms with Crippen molar-refractivity contribution in [2.24, 2.45) is 5.73 Å². The summed E-state index contributed by atoms with van der Waals surface area (Å²) in [6.07, 6.45) is 4.08. The largest absolute Gasteiger partial charge is 0.493 e. The molecule has 0 fully saturated rings. The highest BCUT2D eigenvalue weighted by molar-refractivity contribution is 5.54. The number of ether oxygens (including phenoxy) is 3. The van der Waals surface area contributed by atoms with Crippen LogP contribution in [0.5, 0.6) is 17.2 Å². The summed E-state index contributed by atoms with van der Waals surface area (Å²) in [6.45, 7) is 0. The van der Waals surface area contributed by atoms with Gasteiger partial charge in [-0.3, -0.25) is 0 Å². The van der Waals surface area contributed by atoms with E-state index in [4.69, 9.17) is 19.9 Å². The average Bonchev–Trinajstić information content (AvgIpc) is 2.98. The summed E-state index contributed by atoms with van der Waals surface area (Å²) in [5, 5.41) is 0. The lowest BCUT2D eigenvalue weighted by Gasteiger charge is -2.17. The van der Waals surface area contributed by atoms with Crippen molar-refractivity contribution in [3.8, 4) is 17.2 Å². The molecule has 2 rings (SSSR count). The van der Waals surface area contributed by atoms with Crippen LogP contribution in [0.3, 0.4) is 0 Å². The Kier molecular flexibility index (Phi) is 4.47. The molecule has 3 N–H and O–H groups in total. The second-order valence-corrected chi connectivity index (χ2v) is 4.31. The minimum Gasteiger partial charge on any atom is -0.493 e. The third-order valence-corrected chi connectivity index (χ3v) is 3.08. The molecule has 0 amide bonds. The number of H-pyrrole nitrogens is 1. The van der Waals surface area contributed by atoms with Crippen LogP contribution in [0.2, 0.25) is 0 Å². The van der Waals surface area contributed by atoms with E-state index in [1.54, 1.807) is 33.7 Å². The summed E-state index contributed by atoms with van der Waals surface area (Å²) in [5.74, 6) is 2.59. The molecule has 0 bridgehead atoms. The van der Waals surface area contributed by atoms with Crippen molar-refractivity contribution in [1.82, 2.24) is 9.97 Å². The lowest BCUT2D eigenvalue weighted by molar-refractivity contribution is 0.323. The first kappa shape index (κ1) is 14.2. The van der Waals surface area contributed by atoms with E-state index < -0.39 is 0 Å². The molecule has 1 atom stereocenters. The lowest BCUT2D eigenvalue weighted by Crippen LogP contribution is -2.14. The van der Waals surface area contributed by atoms with Crippen molar-refractivity contribution in [3.63, 3.8) is 0 Å². The van der Waals surface area contributed by atoms with Crippen LogP contribution in [0.4, 0.5) is 0 Å². The van der Waals surface area contributed by atoms with Gasteiger partial charge in [0.1, 0.15) is 5.82 Å². The Hall–Kier alpha value is -2.21. The smallest absolute Gasteiger partial charge is 0.203 e. The van der Waals surface area contributed by atoms with Gasteiger partial charge in [-0.15, -0.1) is 0 Å². The molecule has 1 heterocycles. The first-order chi connectivity index (χ1) is 9.69. The Labute approximate surface area is 117 Å². The number of hydrogen-bond donors (Lipinski definition) is 2. The quantitative estimate of drug-likeness (QED) is 0.839. The highest BCUT2D eigenvalue weighted by Crippen LogP contribution is 2.39. The standard InChI is InChI=1S/C14H19N3O3/c1-18-11-6-9(7-12(19-2)14(11)20-3)10(15)8-13-16-4-5-17-13/h4-7,10H,8,15H2,1-3H3,(H,16,17). The van der Waals surface area contributed by atoms with Gasteiger partial charge in [0, 0.05) is 24.9 Å². The van der Waals surface area contributed by atoms with Gasteiger partial charge in [-0.2, -0.15) is 0 Å². The van der Waals surface area contributed by atoms with E-state index in [1.807, 2.05) is 12.1 Å². The fourth-order valence-corrected chi connectivity index (χ4v) is 2.05. The van der Waals surface area contributed by atoms with Gasteiger partial charge >= 0.3 is 0 Å². The Bertz CT molecular complexity index is 530. The van der Waals surface area contributed by atoms with Gasteiger partial charge < -0.3 is 24.9 Å². The van der Waals surface area contributed by atoms with Crippen molar-refractivity contribution in [2.45, 2.75) is 12.5 Å². The zero-order chi connectivity index (χ0) is 14.5. The molecule has 1 aromatic heterocycles. The second-order valence-electron chi connectivity index (χ2n) is 4.31. The topological polar surface area (TPSA) is 82.4 Å². The number of imidazole rings is 1. The van der Waals surface area contributed by atoms with Gasteiger partial charge in [0.2, 0.25) is 5.75 Å². The van der Waals surface area contributed by atoms with Gasteiger partial charge in [0.05, 0.1) is 21.3 Å². The summed E-state index contributed by atoms with van der Waals surface area (Å²) in [7, 11) is 4.74. The molecule has 0 saturated heterocycles. The van der Waals surface area contributed by atoms with E-state index in [0.717, 1.165) is 11.4 Å². The lowest BCUT2D eigenvalue weighted by atomic mass is 10.0. The number of nitrogens with zero attached hydrogens (tertiary/aromatic N) is 1. The highest BCUT2D eigenvalue weighted by atomic mass is 16.5. The van der Waals surface area contributed by atoms with E-state index in [9.17, 15) is 0 Å². The molecule has 0 aliphatic rings. The molecular formula is C14H19N3O3. The summed E-state index contributed by atoms with van der Waals surface area (Å²) in [6, 6.07) is 3.50. The van der Waals surface area contributed by atoms with Gasteiger partial charge in [-0.1, -0.05) is 0 Å². The van der Waals surface area contributed by atoms with Crippen LogP contribution < -0.4 is 19.9 Å². The number of aromatic amines is 1. The Balaban J connectivity index is 2.31. The maximum absolute atomic E-state index is 6.21. The summed E-state index contributed by atoms with van der Waals surface area (Å²) < 4.78 is 15.9. The minimum atomic E-state index is -0.213. The van der Waals surface area contributed by atoms with Crippen LogP contribution in [-0.2, 0) is 6.42 Å². The van der Waals surface area contributed by atoms with Crippen LogP contribution in [-0.4, -0.2) is 31.3 Å². The minimum absolute atomic E-state index is 0.213. The molecule has 108 valence electrons. The van der Waals surface area contributed by atoms with E-state index in [0.29, 0.717) is 23.7 Å². The van der Waals surface area contributed by atoms with Crippen LogP contribution >= 0.6 is 0 Å². The predicted molar refractivity (Wildman–Crippen MR) is 75.3 cm³/mol. The number of nitrogens with two attached hydrogens (primary N) is 1. The van der Waals surface area contributed by atoms with Crippen LogP contribution in [0.1, 0.15) is 17.4 Å². The Morgan fingerprint density at radius 1 is 1.15 bits per heavy atom. The molecule has 1 aromatic carbocycles. The van der Waals surface area contributed by atoms with Crippen molar-refractivity contribution in [2.75, 3.05) is 21.3 Å². The van der Waals surface area contributed by atoms with Gasteiger partial charge in [0.15, 0.2) is 11.5 Å². The van der Waals surface area contributed by atoms with Crippen LogP contribution in [0, 0.1) is 0 Å². The maximum Gasteiger partial charge on any atom is 0.203 e. The predicted octanol–water partition coefficient (Wildman–Crippen LogP) is 1.68. The number of aromatic nitrogens is 2. The summed E-state index contributed by atoms with van der Waals surface area (Å²) in [5.41, 5.74) is 7.11. The third-order valence-electron chi connectivity index (χ3n) is 3.08. The number of nitrogens with one attached hydrogen (secondary N) is 1. The van der Waals surface area contributed by atoms with Gasteiger partial charge in [-0.05, 0) is 17.7 Å². The fraction of sp³-hybridized carbons (Fsp3) is 0.357. The SMILES string of the molecule is COc1cc(C(N)Cc2ncc[nH]2)cc(OC)c1OC. The molecule has 6 heteroatoms. The molecule has 0 saturated carbocycles. The second kappa shape index (κ2) is 6.29. The van der Waals surface area contributed by atoms with E-state index >= 15 is 0 Å². The third kappa shape index (κ3) is 2.85. The first-order valence-corrected chi connectivity index (χ1v) is 6.23. The van der Waals surface area contributed by atoms with Gasteiger partial charge in [-0.25, -0.2) is 4.98 Å². The molecule has 1 unspecified atom stereocenters.